The molecule has 0 spiro atoms. The van der Waals surface area contributed by atoms with E-state index in [9.17, 15) is 4.79 Å². The molecule has 11 heteroatoms. The third-order valence-electron chi connectivity index (χ3n) is 6.94. The summed E-state index contributed by atoms with van der Waals surface area (Å²) >= 11 is 0. The number of rotatable bonds is 6. The first-order chi connectivity index (χ1) is 18.7. The molecule has 6 rings (SSSR count). The first-order valence-electron chi connectivity index (χ1n) is 12.7. The number of hydrogen-bond donors (Lipinski definition) is 2. The number of H-pyrrole nitrogens is 1. The van der Waals surface area contributed by atoms with Gasteiger partial charge < -0.3 is 29.7 Å². The maximum atomic E-state index is 11.8. The molecule has 1 aromatic carbocycles. The summed E-state index contributed by atoms with van der Waals surface area (Å²) in [7, 11) is 0. The number of benzene rings is 1. The standard InChI is InChI=1S/C27H29N9O2/c1-2-24(37)35-9-7-34(8-10-35)21-16-28-27(29-17-21)32-20-5-3-19(4-6-20)23-15-22-25(33-23)30-18-31-26(22)36-11-13-38-14-12-36/h2-6,15-18H,1,7-14H2,(H,28,29,32)(H,30,31,33). The van der Waals surface area contributed by atoms with Crippen LogP contribution in [0, 0.1) is 0 Å². The van der Waals surface area contributed by atoms with Crippen LogP contribution < -0.4 is 15.1 Å². The van der Waals surface area contributed by atoms with Gasteiger partial charge in [0.15, 0.2) is 0 Å². The van der Waals surface area contributed by atoms with Gasteiger partial charge in [0.05, 0.1) is 36.7 Å². The van der Waals surface area contributed by atoms with Crippen molar-refractivity contribution in [3.8, 4) is 11.3 Å². The summed E-state index contributed by atoms with van der Waals surface area (Å²) in [5.41, 5.74) is 4.68. The van der Waals surface area contributed by atoms with Crippen LogP contribution in [0.5, 0.6) is 0 Å². The normalized spacial score (nSPS) is 16.1. The number of morpholine rings is 1. The SMILES string of the molecule is C=CC(=O)N1CCN(c2cnc(Nc3ccc(-c4cc5c(N6CCOCC6)ncnc5[nH]4)cc3)nc2)CC1. The third kappa shape index (κ3) is 4.88. The van der Waals surface area contributed by atoms with Crippen molar-refractivity contribution in [3.05, 3.63) is 61.7 Å². The monoisotopic (exact) mass is 511 g/mol. The number of aromatic amines is 1. The van der Waals surface area contributed by atoms with Crippen molar-refractivity contribution in [1.29, 1.82) is 0 Å². The quantitative estimate of drug-likeness (QED) is 0.377. The molecule has 0 saturated carbocycles. The fraction of sp³-hybridized carbons (Fsp3) is 0.296. The van der Waals surface area contributed by atoms with Gasteiger partial charge in [-0.15, -0.1) is 0 Å². The summed E-state index contributed by atoms with van der Waals surface area (Å²) in [6.07, 6.45) is 6.59. The molecule has 2 aliphatic rings. The van der Waals surface area contributed by atoms with Gasteiger partial charge in [-0.1, -0.05) is 18.7 Å². The lowest BCUT2D eigenvalue weighted by molar-refractivity contribution is -0.126. The Labute approximate surface area is 220 Å². The maximum absolute atomic E-state index is 11.8. The lowest BCUT2D eigenvalue weighted by Crippen LogP contribution is -2.48. The van der Waals surface area contributed by atoms with E-state index in [1.54, 1.807) is 11.2 Å². The van der Waals surface area contributed by atoms with Crippen molar-refractivity contribution in [2.75, 3.05) is 67.6 Å². The number of aromatic nitrogens is 5. The van der Waals surface area contributed by atoms with Crippen LogP contribution in [-0.2, 0) is 9.53 Å². The Morgan fingerprint density at radius 1 is 0.947 bits per heavy atom. The maximum Gasteiger partial charge on any atom is 0.246 e. The molecular formula is C27H29N9O2. The number of anilines is 4. The molecule has 3 aromatic heterocycles. The first-order valence-corrected chi connectivity index (χ1v) is 12.7. The van der Waals surface area contributed by atoms with Gasteiger partial charge in [-0.05, 0) is 29.8 Å². The van der Waals surface area contributed by atoms with Crippen LogP contribution in [0.3, 0.4) is 0 Å². The first kappa shape index (κ1) is 23.9. The van der Waals surface area contributed by atoms with E-state index in [1.807, 2.05) is 36.7 Å². The molecule has 11 nitrogen and oxygen atoms in total. The number of piperazine rings is 1. The minimum absolute atomic E-state index is 0.0255. The molecule has 0 bridgehead atoms. The second kappa shape index (κ2) is 10.5. The highest BCUT2D eigenvalue weighted by molar-refractivity contribution is 5.92. The van der Waals surface area contributed by atoms with E-state index in [0.717, 1.165) is 65.7 Å². The molecular weight excluding hydrogens is 482 g/mol. The molecule has 2 aliphatic heterocycles. The number of hydrogen-bond acceptors (Lipinski definition) is 9. The van der Waals surface area contributed by atoms with E-state index in [-0.39, 0.29) is 5.91 Å². The van der Waals surface area contributed by atoms with Crippen molar-refractivity contribution < 1.29 is 9.53 Å². The van der Waals surface area contributed by atoms with Gasteiger partial charge in [0.1, 0.15) is 17.8 Å². The lowest BCUT2D eigenvalue weighted by atomic mass is 10.1. The molecule has 2 fully saturated rings. The Morgan fingerprint density at radius 2 is 1.68 bits per heavy atom. The molecule has 4 aromatic rings. The number of carbonyl (C=O) groups is 1. The average Bonchev–Trinajstić information content (AvgIpc) is 3.43. The Morgan fingerprint density at radius 3 is 2.39 bits per heavy atom. The van der Waals surface area contributed by atoms with E-state index in [1.165, 1.54) is 6.08 Å². The second-order valence-electron chi connectivity index (χ2n) is 9.23. The topological polar surface area (TPSA) is 115 Å². The zero-order valence-corrected chi connectivity index (χ0v) is 21.0. The van der Waals surface area contributed by atoms with Crippen molar-refractivity contribution >= 4 is 40.1 Å². The van der Waals surface area contributed by atoms with Crippen LogP contribution in [-0.4, -0.2) is 88.2 Å². The molecule has 0 radical (unpaired) electrons. The van der Waals surface area contributed by atoms with Gasteiger partial charge in [-0.25, -0.2) is 19.9 Å². The van der Waals surface area contributed by atoms with Crippen LogP contribution in [0.4, 0.5) is 23.1 Å². The lowest BCUT2D eigenvalue weighted by Gasteiger charge is -2.35. The molecule has 5 heterocycles. The molecule has 0 aliphatic carbocycles. The van der Waals surface area contributed by atoms with Crippen LogP contribution in [0.2, 0.25) is 0 Å². The number of carbonyl (C=O) groups excluding carboxylic acids is 1. The predicted molar refractivity (Wildman–Crippen MR) is 147 cm³/mol. The smallest absolute Gasteiger partial charge is 0.246 e. The van der Waals surface area contributed by atoms with Crippen LogP contribution in [0.25, 0.3) is 22.3 Å². The van der Waals surface area contributed by atoms with Crippen molar-refractivity contribution in [3.63, 3.8) is 0 Å². The van der Waals surface area contributed by atoms with Crippen LogP contribution in [0.1, 0.15) is 0 Å². The van der Waals surface area contributed by atoms with Crippen molar-refractivity contribution in [2.24, 2.45) is 0 Å². The second-order valence-corrected chi connectivity index (χ2v) is 9.23. The van der Waals surface area contributed by atoms with E-state index in [2.05, 4.69) is 52.7 Å². The largest absolute Gasteiger partial charge is 0.378 e. The van der Waals surface area contributed by atoms with E-state index in [0.29, 0.717) is 32.3 Å². The number of nitrogens with zero attached hydrogens (tertiary/aromatic N) is 7. The van der Waals surface area contributed by atoms with E-state index >= 15 is 0 Å². The van der Waals surface area contributed by atoms with Crippen molar-refractivity contribution in [1.82, 2.24) is 29.8 Å². The van der Waals surface area contributed by atoms with E-state index in [4.69, 9.17) is 4.74 Å². The van der Waals surface area contributed by atoms with Gasteiger partial charge in [0, 0.05) is 50.6 Å². The van der Waals surface area contributed by atoms with Gasteiger partial charge in [-0.3, -0.25) is 4.79 Å². The molecule has 1 amide bonds. The Balaban J connectivity index is 1.11. The number of amides is 1. The van der Waals surface area contributed by atoms with Gasteiger partial charge >= 0.3 is 0 Å². The molecule has 38 heavy (non-hydrogen) atoms. The summed E-state index contributed by atoms with van der Waals surface area (Å²) < 4.78 is 5.48. The summed E-state index contributed by atoms with van der Waals surface area (Å²) in [5.74, 6) is 1.44. The van der Waals surface area contributed by atoms with Gasteiger partial charge in [0.25, 0.3) is 0 Å². The fourth-order valence-electron chi connectivity index (χ4n) is 4.83. The highest BCUT2D eigenvalue weighted by atomic mass is 16.5. The minimum atomic E-state index is -0.0255. The highest BCUT2D eigenvalue weighted by Crippen LogP contribution is 2.30. The number of fused-ring (bicyclic) bond motifs is 1. The summed E-state index contributed by atoms with van der Waals surface area (Å²) in [6, 6.07) is 10.2. The van der Waals surface area contributed by atoms with Crippen LogP contribution >= 0.6 is 0 Å². The predicted octanol–water partition coefficient (Wildman–Crippen LogP) is 2.83. The molecule has 194 valence electrons. The fourth-order valence-corrected chi connectivity index (χ4v) is 4.83. The number of nitrogens with one attached hydrogen (secondary N) is 2. The Hall–Kier alpha value is -4.51. The average molecular weight is 512 g/mol. The summed E-state index contributed by atoms with van der Waals surface area (Å²) in [4.78, 5) is 39.4. The third-order valence-corrected chi connectivity index (χ3v) is 6.94. The zero-order chi connectivity index (χ0) is 25.9. The molecule has 0 unspecified atom stereocenters. The Bertz CT molecular complexity index is 1420. The molecule has 2 saturated heterocycles. The molecule has 0 atom stereocenters. The van der Waals surface area contributed by atoms with Crippen LogP contribution in [0.15, 0.2) is 61.7 Å². The van der Waals surface area contributed by atoms with Crippen molar-refractivity contribution in [2.45, 2.75) is 0 Å². The summed E-state index contributed by atoms with van der Waals surface area (Å²) in [6.45, 7) is 9.43. The minimum Gasteiger partial charge on any atom is -0.378 e. The number of ether oxygens (including phenoxy) is 1. The molecule has 2 N–H and O–H groups in total. The van der Waals surface area contributed by atoms with Gasteiger partial charge in [0.2, 0.25) is 11.9 Å². The Kier molecular flexibility index (Phi) is 6.57. The summed E-state index contributed by atoms with van der Waals surface area (Å²) in [5, 5.41) is 4.27. The van der Waals surface area contributed by atoms with E-state index < -0.39 is 0 Å². The van der Waals surface area contributed by atoms with Gasteiger partial charge in [-0.2, -0.15) is 0 Å². The zero-order valence-electron chi connectivity index (χ0n) is 21.0. The highest BCUT2D eigenvalue weighted by Gasteiger charge is 2.20.